The lowest BCUT2D eigenvalue weighted by atomic mass is 9.81. The van der Waals surface area contributed by atoms with E-state index in [1.54, 1.807) is 0 Å². The summed E-state index contributed by atoms with van der Waals surface area (Å²) >= 11 is 0. The van der Waals surface area contributed by atoms with Gasteiger partial charge in [0.2, 0.25) is 0 Å². The first kappa shape index (κ1) is 16.7. The van der Waals surface area contributed by atoms with Crippen LogP contribution in [0.1, 0.15) is 57.9 Å². The standard InChI is InChI=1S/C21H28O/c1-3-17-22-21-15-13-20(14-16-21)8-6-5-7-19-11-9-18(4-2)10-12-19/h5,7,13-16,18-19H,3-4,9-12,17H2,1-2H3/b7-5+/t18-,19-. The SMILES string of the molecule is CCCOc1ccc(C#C/C=C/[C@H]2CC[C@H](CC)CC2)cc1. The summed E-state index contributed by atoms with van der Waals surface area (Å²) in [4.78, 5) is 0. The topological polar surface area (TPSA) is 9.23 Å². The lowest BCUT2D eigenvalue weighted by molar-refractivity contribution is 0.304. The molecule has 0 heterocycles. The van der Waals surface area contributed by atoms with Gasteiger partial charge in [-0.05, 0) is 74.3 Å². The Morgan fingerprint density at radius 3 is 2.45 bits per heavy atom. The van der Waals surface area contributed by atoms with Crippen molar-refractivity contribution in [1.29, 1.82) is 0 Å². The molecule has 0 radical (unpaired) electrons. The molecule has 1 fully saturated rings. The minimum Gasteiger partial charge on any atom is -0.494 e. The quantitative estimate of drug-likeness (QED) is 0.643. The van der Waals surface area contributed by atoms with Gasteiger partial charge in [0.15, 0.2) is 0 Å². The Bertz CT molecular complexity index is 507. The molecule has 0 spiro atoms. The fraction of sp³-hybridized carbons (Fsp3) is 0.524. The fourth-order valence-corrected chi connectivity index (χ4v) is 2.95. The van der Waals surface area contributed by atoms with Crippen molar-refractivity contribution in [3.05, 3.63) is 42.0 Å². The molecule has 1 saturated carbocycles. The summed E-state index contributed by atoms with van der Waals surface area (Å²) in [6.45, 7) is 5.19. The molecule has 1 aliphatic carbocycles. The Hall–Kier alpha value is -1.68. The first-order valence-electron chi connectivity index (χ1n) is 8.72. The minimum atomic E-state index is 0.738. The van der Waals surface area contributed by atoms with Crippen LogP contribution >= 0.6 is 0 Å². The summed E-state index contributed by atoms with van der Waals surface area (Å²) in [7, 11) is 0. The van der Waals surface area contributed by atoms with Crippen molar-refractivity contribution in [2.75, 3.05) is 6.61 Å². The van der Waals surface area contributed by atoms with Crippen LogP contribution in [0, 0.1) is 23.7 Å². The molecule has 118 valence electrons. The number of rotatable bonds is 5. The van der Waals surface area contributed by atoms with Gasteiger partial charge in [-0.25, -0.2) is 0 Å². The van der Waals surface area contributed by atoms with Crippen LogP contribution in [0.25, 0.3) is 0 Å². The third kappa shape index (κ3) is 5.60. The highest BCUT2D eigenvalue weighted by atomic mass is 16.5. The molecule has 1 aromatic rings. The predicted octanol–water partition coefficient (Wildman–Crippen LogP) is 5.60. The summed E-state index contributed by atoms with van der Waals surface area (Å²) in [5.74, 6) is 8.99. The molecule has 0 amide bonds. The summed E-state index contributed by atoms with van der Waals surface area (Å²) < 4.78 is 5.57. The van der Waals surface area contributed by atoms with Crippen molar-refractivity contribution in [2.24, 2.45) is 11.8 Å². The van der Waals surface area contributed by atoms with E-state index >= 15 is 0 Å². The van der Waals surface area contributed by atoms with Gasteiger partial charge in [-0.3, -0.25) is 0 Å². The van der Waals surface area contributed by atoms with E-state index in [1.807, 2.05) is 30.3 Å². The largest absolute Gasteiger partial charge is 0.494 e. The average molecular weight is 296 g/mol. The number of benzene rings is 1. The number of hydrogen-bond donors (Lipinski definition) is 0. The van der Waals surface area contributed by atoms with Gasteiger partial charge in [0.1, 0.15) is 5.75 Å². The van der Waals surface area contributed by atoms with E-state index in [0.29, 0.717) is 0 Å². The summed E-state index contributed by atoms with van der Waals surface area (Å²) in [6.07, 6.45) is 12.2. The van der Waals surface area contributed by atoms with E-state index < -0.39 is 0 Å². The van der Waals surface area contributed by atoms with Crippen LogP contribution in [0.3, 0.4) is 0 Å². The van der Waals surface area contributed by atoms with E-state index in [-0.39, 0.29) is 0 Å². The zero-order chi connectivity index (χ0) is 15.6. The molecule has 0 saturated heterocycles. The first-order chi connectivity index (χ1) is 10.8. The number of ether oxygens (including phenoxy) is 1. The molecule has 0 bridgehead atoms. The van der Waals surface area contributed by atoms with Gasteiger partial charge in [0, 0.05) is 5.56 Å². The van der Waals surface area contributed by atoms with Crippen molar-refractivity contribution < 1.29 is 4.74 Å². The summed E-state index contributed by atoms with van der Waals surface area (Å²) in [6, 6.07) is 8.04. The first-order valence-corrected chi connectivity index (χ1v) is 8.72. The Morgan fingerprint density at radius 2 is 1.82 bits per heavy atom. The monoisotopic (exact) mass is 296 g/mol. The maximum absolute atomic E-state index is 5.57. The average Bonchev–Trinajstić information content (AvgIpc) is 2.58. The predicted molar refractivity (Wildman–Crippen MR) is 94.0 cm³/mol. The Morgan fingerprint density at radius 1 is 1.09 bits per heavy atom. The fourth-order valence-electron chi connectivity index (χ4n) is 2.95. The van der Waals surface area contributed by atoms with Crippen LogP contribution in [0.2, 0.25) is 0 Å². The van der Waals surface area contributed by atoms with Gasteiger partial charge in [-0.1, -0.05) is 38.2 Å². The van der Waals surface area contributed by atoms with E-state index in [9.17, 15) is 0 Å². The molecule has 1 heteroatoms. The van der Waals surface area contributed by atoms with E-state index in [4.69, 9.17) is 4.74 Å². The molecule has 0 unspecified atom stereocenters. The molecule has 0 aromatic heterocycles. The van der Waals surface area contributed by atoms with Crippen molar-refractivity contribution >= 4 is 0 Å². The highest BCUT2D eigenvalue weighted by molar-refractivity contribution is 5.40. The third-order valence-electron chi connectivity index (χ3n) is 4.46. The van der Waals surface area contributed by atoms with Crippen LogP contribution in [-0.4, -0.2) is 6.61 Å². The molecule has 1 aliphatic rings. The Balaban J connectivity index is 1.79. The van der Waals surface area contributed by atoms with Crippen LogP contribution < -0.4 is 4.74 Å². The van der Waals surface area contributed by atoms with Crippen molar-refractivity contribution in [2.45, 2.75) is 52.4 Å². The molecule has 1 nitrogen and oxygen atoms in total. The van der Waals surface area contributed by atoms with E-state index in [2.05, 4.69) is 31.8 Å². The zero-order valence-electron chi connectivity index (χ0n) is 14.0. The summed E-state index contributed by atoms with van der Waals surface area (Å²) in [5, 5.41) is 0. The zero-order valence-corrected chi connectivity index (χ0v) is 14.0. The van der Waals surface area contributed by atoms with Gasteiger partial charge in [-0.15, -0.1) is 0 Å². The molecule has 1 aromatic carbocycles. The Kier molecular flexibility index (Phi) is 7.10. The lowest BCUT2D eigenvalue weighted by Crippen LogP contribution is -2.11. The smallest absolute Gasteiger partial charge is 0.119 e. The van der Waals surface area contributed by atoms with Gasteiger partial charge < -0.3 is 4.74 Å². The normalized spacial score (nSPS) is 21.4. The molecule has 0 N–H and O–H groups in total. The van der Waals surface area contributed by atoms with Crippen molar-refractivity contribution in [3.63, 3.8) is 0 Å². The van der Waals surface area contributed by atoms with Gasteiger partial charge in [0.05, 0.1) is 6.61 Å². The second-order valence-electron chi connectivity index (χ2n) is 6.19. The van der Waals surface area contributed by atoms with Crippen LogP contribution in [0.4, 0.5) is 0 Å². The van der Waals surface area contributed by atoms with Crippen LogP contribution in [0.5, 0.6) is 5.75 Å². The summed E-state index contributed by atoms with van der Waals surface area (Å²) in [5.41, 5.74) is 1.04. The highest BCUT2D eigenvalue weighted by Gasteiger charge is 2.17. The van der Waals surface area contributed by atoms with E-state index in [0.717, 1.165) is 36.2 Å². The lowest BCUT2D eigenvalue weighted by Gasteiger charge is -2.25. The van der Waals surface area contributed by atoms with E-state index in [1.165, 1.54) is 32.1 Å². The second-order valence-corrected chi connectivity index (χ2v) is 6.19. The second kappa shape index (κ2) is 9.36. The maximum Gasteiger partial charge on any atom is 0.119 e. The molecular formula is C21H28O. The number of allylic oxidation sites excluding steroid dienone is 2. The van der Waals surface area contributed by atoms with Crippen LogP contribution in [-0.2, 0) is 0 Å². The van der Waals surface area contributed by atoms with Gasteiger partial charge in [-0.2, -0.15) is 0 Å². The molecule has 2 rings (SSSR count). The maximum atomic E-state index is 5.57. The van der Waals surface area contributed by atoms with Crippen molar-refractivity contribution in [1.82, 2.24) is 0 Å². The minimum absolute atomic E-state index is 0.738. The third-order valence-corrected chi connectivity index (χ3v) is 4.46. The highest BCUT2D eigenvalue weighted by Crippen LogP contribution is 2.31. The van der Waals surface area contributed by atoms with Crippen LogP contribution in [0.15, 0.2) is 36.4 Å². The molecule has 0 atom stereocenters. The van der Waals surface area contributed by atoms with Gasteiger partial charge >= 0.3 is 0 Å². The number of hydrogen-bond acceptors (Lipinski definition) is 1. The molecule has 22 heavy (non-hydrogen) atoms. The molecule has 0 aliphatic heterocycles. The Labute approximate surface area is 135 Å². The molecular weight excluding hydrogens is 268 g/mol. The van der Waals surface area contributed by atoms with Crippen molar-refractivity contribution in [3.8, 4) is 17.6 Å². The van der Waals surface area contributed by atoms with Gasteiger partial charge in [0.25, 0.3) is 0 Å².